The van der Waals surface area contributed by atoms with Gasteiger partial charge in [0.1, 0.15) is 17.3 Å². The zero-order valence-electron chi connectivity index (χ0n) is 10.6. The molecule has 0 saturated heterocycles. The van der Waals surface area contributed by atoms with Gasteiger partial charge in [0.25, 0.3) is 5.91 Å². The van der Waals surface area contributed by atoms with Gasteiger partial charge in [0.05, 0.1) is 0 Å². The summed E-state index contributed by atoms with van der Waals surface area (Å²) in [7, 11) is 1.71. The molecular weight excluding hydrogens is 252 g/mol. The van der Waals surface area contributed by atoms with E-state index in [0.717, 1.165) is 17.8 Å². The number of nitrogens with one attached hydrogen (secondary N) is 1. The van der Waals surface area contributed by atoms with Crippen molar-refractivity contribution in [3.05, 3.63) is 52.9 Å². The summed E-state index contributed by atoms with van der Waals surface area (Å²) in [4.78, 5) is 11.8. The summed E-state index contributed by atoms with van der Waals surface area (Å²) in [6, 6.07) is 5.18. The first-order chi connectivity index (χ1) is 8.99. The van der Waals surface area contributed by atoms with Crippen molar-refractivity contribution in [3.63, 3.8) is 0 Å². The lowest BCUT2D eigenvalue weighted by Gasteiger charge is -2.05. The Balaban J connectivity index is 2.08. The van der Waals surface area contributed by atoms with Crippen LogP contribution in [-0.4, -0.2) is 15.7 Å². The van der Waals surface area contributed by atoms with E-state index in [2.05, 4.69) is 10.4 Å². The number of hydrogen-bond acceptors (Lipinski definition) is 2. The van der Waals surface area contributed by atoms with E-state index in [1.807, 2.05) is 0 Å². The van der Waals surface area contributed by atoms with Gasteiger partial charge in [-0.15, -0.1) is 0 Å². The van der Waals surface area contributed by atoms with Crippen LogP contribution in [0.25, 0.3) is 0 Å². The number of aromatic nitrogens is 2. The molecule has 0 saturated carbocycles. The van der Waals surface area contributed by atoms with Crippen LogP contribution in [0.3, 0.4) is 0 Å². The van der Waals surface area contributed by atoms with Crippen molar-refractivity contribution in [2.75, 3.05) is 0 Å². The van der Waals surface area contributed by atoms with Gasteiger partial charge in [0.2, 0.25) is 0 Å². The number of aryl methyl sites for hydroxylation is 2. The minimum Gasteiger partial charge on any atom is -0.346 e. The van der Waals surface area contributed by atoms with Gasteiger partial charge in [-0.2, -0.15) is 5.10 Å². The van der Waals surface area contributed by atoms with E-state index in [0.29, 0.717) is 0 Å². The largest absolute Gasteiger partial charge is 0.346 e. The third kappa shape index (κ3) is 2.78. The summed E-state index contributed by atoms with van der Waals surface area (Å²) in [5.74, 6) is -1.83. The molecule has 0 unspecified atom stereocenters. The zero-order valence-corrected chi connectivity index (χ0v) is 10.6. The maximum Gasteiger partial charge on any atom is 0.272 e. The average molecular weight is 265 g/mol. The fraction of sp³-hybridized carbons (Fsp3) is 0.231. The van der Waals surface area contributed by atoms with Crippen molar-refractivity contribution >= 4 is 5.91 Å². The molecular formula is C13H13F2N3O. The highest BCUT2D eigenvalue weighted by atomic mass is 19.1. The second kappa shape index (κ2) is 5.17. The quantitative estimate of drug-likeness (QED) is 0.921. The molecule has 0 fully saturated rings. The summed E-state index contributed by atoms with van der Waals surface area (Å²) in [5.41, 5.74) is 0.877. The van der Waals surface area contributed by atoms with E-state index in [9.17, 15) is 13.6 Å². The summed E-state index contributed by atoms with van der Waals surface area (Å²) in [6.45, 7) is 1.59. The molecule has 0 atom stereocenters. The number of hydrogen-bond donors (Lipinski definition) is 1. The van der Waals surface area contributed by atoms with Gasteiger partial charge < -0.3 is 5.32 Å². The van der Waals surface area contributed by atoms with Crippen molar-refractivity contribution in [2.45, 2.75) is 13.5 Å². The van der Waals surface area contributed by atoms with Crippen LogP contribution in [-0.2, 0) is 13.6 Å². The highest BCUT2D eigenvalue weighted by Crippen LogP contribution is 2.11. The van der Waals surface area contributed by atoms with Crippen molar-refractivity contribution in [1.29, 1.82) is 0 Å². The molecule has 4 nitrogen and oxygen atoms in total. The minimum absolute atomic E-state index is 0.163. The maximum atomic E-state index is 13.4. The fourth-order valence-corrected chi connectivity index (χ4v) is 1.63. The summed E-state index contributed by atoms with van der Waals surface area (Å²) in [5, 5.41) is 6.43. The SMILES string of the molecule is Cc1cc(C(=O)NCc2c(F)cccc2F)nn1C. The molecule has 0 aliphatic carbocycles. The van der Waals surface area contributed by atoms with Crippen molar-refractivity contribution in [2.24, 2.45) is 7.05 Å². The zero-order chi connectivity index (χ0) is 14.0. The number of carbonyl (C=O) groups excluding carboxylic acids is 1. The minimum atomic E-state index is -0.683. The Hall–Kier alpha value is -2.24. The van der Waals surface area contributed by atoms with E-state index in [4.69, 9.17) is 0 Å². The van der Waals surface area contributed by atoms with Gasteiger partial charge >= 0.3 is 0 Å². The smallest absolute Gasteiger partial charge is 0.272 e. The average Bonchev–Trinajstić information content (AvgIpc) is 2.69. The van der Waals surface area contributed by atoms with Crippen LogP contribution >= 0.6 is 0 Å². The van der Waals surface area contributed by atoms with Crippen LogP contribution in [0.5, 0.6) is 0 Å². The third-order valence-electron chi connectivity index (χ3n) is 2.83. The van der Waals surface area contributed by atoms with Crippen LogP contribution in [0.4, 0.5) is 8.78 Å². The van der Waals surface area contributed by atoms with Crippen LogP contribution in [0.15, 0.2) is 24.3 Å². The van der Waals surface area contributed by atoms with Gasteiger partial charge in [0.15, 0.2) is 0 Å². The van der Waals surface area contributed by atoms with Gasteiger partial charge in [0, 0.05) is 24.8 Å². The Bertz CT molecular complexity index is 583. The Morgan fingerprint density at radius 3 is 2.53 bits per heavy atom. The molecule has 1 amide bonds. The predicted molar refractivity (Wildman–Crippen MR) is 65.5 cm³/mol. The molecule has 2 rings (SSSR count). The monoisotopic (exact) mass is 265 g/mol. The molecule has 0 spiro atoms. The fourth-order valence-electron chi connectivity index (χ4n) is 1.63. The molecule has 0 radical (unpaired) electrons. The molecule has 1 heterocycles. The Labute approximate surface area is 109 Å². The van der Waals surface area contributed by atoms with E-state index in [1.165, 1.54) is 6.07 Å². The van der Waals surface area contributed by atoms with Gasteiger partial charge in [-0.3, -0.25) is 9.48 Å². The Morgan fingerprint density at radius 2 is 2.00 bits per heavy atom. The molecule has 1 N–H and O–H groups in total. The number of amides is 1. The first-order valence-electron chi connectivity index (χ1n) is 5.70. The molecule has 100 valence electrons. The molecule has 19 heavy (non-hydrogen) atoms. The molecule has 6 heteroatoms. The van der Waals surface area contributed by atoms with Crippen LogP contribution < -0.4 is 5.32 Å². The lowest BCUT2D eigenvalue weighted by atomic mass is 10.2. The van der Waals surface area contributed by atoms with Gasteiger partial charge in [-0.25, -0.2) is 8.78 Å². The second-order valence-corrected chi connectivity index (χ2v) is 4.18. The van der Waals surface area contributed by atoms with Crippen LogP contribution in [0.1, 0.15) is 21.7 Å². The second-order valence-electron chi connectivity index (χ2n) is 4.18. The molecule has 1 aromatic carbocycles. The van der Waals surface area contributed by atoms with E-state index >= 15 is 0 Å². The Kier molecular flexibility index (Phi) is 3.59. The molecule has 0 bridgehead atoms. The highest BCUT2D eigenvalue weighted by Gasteiger charge is 2.13. The molecule has 1 aromatic heterocycles. The number of carbonyl (C=O) groups is 1. The summed E-state index contributed by atoms with van der Waals surface area (Å²) >= 11 is 0. The van der Waals surface area contributed by atoms with Gasteiger partial charge in [-0.05, 0) is 25.1 Å². The van der Waals surface area contributed by atoms with E-state index in [1.54, 1.807) is 24.7 Å². The number of rotatable bonds is 3. The maximum absolute atomic E-state index is 13.4. The summed E-state index contributed by atoms with van der Waals surface area (Å²) in [6.07, 6.45) is 0. The lowest BCUT2D eigenvalue weighted by molar-refractivity contribution is 0.0944. The number of halogens is 2. The van der Waals surface area contributed by atoms with Crippen molar-refractivity contribution in [3.8, 4) is 0 Å². The number of nitrogens with zero attached hydrogens (tertiary/aromatic N) is 2. The predicted octanol–water partition coefficient (Wildman–Crippen LogP) is 1.94. The normalized spacial score (nSPS) is 10.5. The van der Waals surface area contributed by atoms with Crippen molar-refractivity contribution < 1.29 is 13.6 Å². The standard InChI is InChI=1S/C13H13F2N3O/c1-8-6-12(17-18(8)2)13(19)16-7-9-10(14)4-3-5-11(9)15/h3-6H,7H2,1-2H3,(H,16,19). The first-order valence-corrected chi connectivity index (χ1v) is 5.70. The molecule has 0 aliphatic heterocycles. The van der Waals surface area contributed by atoms with Gasteiger partial charge in [-0.1, -0.05) is 6.07 Å². The third-order valence-corrected chi connectivity index (χ3v) is 2.83. The lowest BCUT2D eigenvalue weighted by Crippen LogP contribution is -2.24. The first kappa shape index (κ1) is 13.2. The summed E-state index contributed by atoms with van der Waals surface area (Å²) < 4.78 is 28.3. The highest BCUT2D eigenvalue weighted by molar-refractivity contribution is 5.92. The van der Waals surface area contributed by atoms with Crippen LogP contribution in [0, 0.1) is 18.6 Å². The van der Waals surface area contributed by atoms with E-state index < -0.39 is 17.5 Å². The van der Waals surface area contributed by atoms with E-state index in [-0.39, 0.29) is 17.8 Å². The van der Waals surface area contributed by atoms with Crippen LogP contribution in [0.2, 0.25) is 0 Å². The molecule has 2 aromatic rings. The topological polar surface area (TPSA) is 46.9 Å². The number of benzene rings is 1. The molecule has 0 aliphatic rings. The Morgan fingerprint density at radius 1 is 1.37 bits per heavy atom. The van der Waals surface area contributed by atoms with Crippen molar-refractivity contribution in [1.82, 2.24) is 15.1 Å².